The van der Waals surface area contributed by atoms with E-state index >= 15 is 8.78 Å². The predicted octanol–water partition coefficient (Wildman–Crippen LogP) is 4.01. The smallest absolute Gasteiger partial charge is 0.403 e. The lowest BCUT2D eigenvalue weighted by molar-refractivity contribution is -0.208. The van der Waals surface area contributed by atoms with Gasteiger partial charge < -0.3 is 29.7 Å². The Morgan fingerprint density at radius 1 is 1.31 bits per heavy atom. The molecule has 5 atom stereocenters. The molecule has 3 aliphatic rings. The second-order valence-corrected chi connectivity index (χ2v) is 13.2. The second-order valence-electron chi connectivity index (χ2n) is 11.7. The maximum absolute atomic E-state index is 16.3. The molecule has 3 aliphatic heterocycles. The minimum atomic E-state index is -5.10. The van der Waals surface area contributed by atoms with Crippen LogP contribution in [0.4, 0.5) is 8.78 Å². The fourth-order valence-corrected chi connectivity index (χ4v) is 5.28. The minimum absolute atomic E-state index is 0.00135. The number of alkyl halides is 1. The highest BCUT2D eigenvalue weighted by molar-refractivity contribution is 7.49. The number of nitrogens with one attached hydrogen (secondary N) is 1. The van der Waals surface area contributed by atoms with Crippen molar-refractivity contribution >= 4 is 13.7 Å². The zero-order valence-corrected chi connectivity index (χ0v) is 23.6. The standard InChI is InChI=1S/C26H35F2N2O8P/c1-13-10-30(14(2)29-22(13)33)23-19(31)21(32)26(28,37-23)12-36-39(34)35-11-15-18(27)16(24(3,4)5)9-17(20(15)38-39)25(6,7)8/h9-10,19,21,23,31-32H,2,11-12H2,1,3-8H3,(H,29,33)/t19-,21+,23-,26-,39?/m1/s1/i12D2,23D. The SMILES string of the molecule is [2H]C([2H])(OP1(=O)OCc2c(F)c(C(C)(C)C)cc(C(C)(C)C)c2O1)[C@@]1(F)O[C@@]([2H])(N2C=C(C)C(=O)NC2=C)[C@H](O)[C@@H]1O. The van der Waals surface area contributed by atoms with Gasteiger partial charge >= 0.3 is 7.82 Å². The van der Waals surface area contributed by atoms with Crippen LogP contribution in [0.2, 0.25) is 0 Å². The summed E-state index contributed by atoms with van der Waals surface area (Å²) in [6.07, 6.45) is -7.24. The predicted molar refractivity (Wildman–Crippen MR) is 136 cm³/mol. The van der Waals surface area contributed by atoms with Crippen molar-refractivity contribution in [2.45, 2.75) is 90.2 Å². The first-order chi connectivity index (χ1) is 18.9. The number of hydrogen-bond acceptors (Lipinski definition) is 9. The Morgan fingerprint density at radius 2 is 1.92 bits per heavy atom. The lowest BCUT2D eigenvalue weighted by atomic mass is 9.78. The molecule has 3 N–H and O–H groups in total. The van der Waals surface area contributed by atoms with Crippen LogP contribution in [-0.4, -0.2) is 51.8 Å². The molecule has 1 fully saturated rings. The summed E-state index contributed by atoms with van der Waals surface area (Å²) in [6.45, 7) is 11.0. The van der Waals surface area contributed by atoms with Crippen LogP contribution >= 0.6 is 7.82 Å². The monoisotopic (exact) mass is 575 g/mol. The van der Waals surface area contributed by atoms with Crippen molar-refractivity contribution in [3.63, 3.8) is 0 Å². The van der Waals surface area contributed by atoms with E-state index in [0.717, 1.165) is 6.20 Å². The van der Waals surface area contributed by atoms with Gasteiger partial charge in [0, 0.05) is 17.3 Å². The van der Waals surface area contributed by atoms with Crippen LogP contribution < -0.4 is 9.84 Å². The highest BCUT2D eigenvalue weighted by Gasteiger charge is 2.59. The van der Waals surface area contributed by atoms with E-state index in [-0.39, 0.29) is 22.7 Å². The summed E-state index contributed by atoms with van der Waals surface area (Å²) in [5, 5.41) is 23.5. The van der Waals surface area contributed by atoms with Crippen molar-refractivity contribution < 1.29 is 50.8 Å². The average Bonchev–Trinajstić information content (AvgIpc) is 3.00. The van der Waals surface area contributed by atoms with Gasteiger partial charge in [-0.1, -0.05) is 48.1 Å². The van der Waals surface area contributed by atoms with Crippen LogP contribution in [0.5, 0.6) is 5.75 Å². The van der Waals surface area contributed by atoms with Crippen molar-refractivity contribution in [1.82, 2.24) is 10.2 Å². The molecule has 13 heteroatoms. The van der Waals surface area contributed by atoms with Crippen molar-refractivity contribution in [2.75, 3.05) is 6.56 Å². The average molecular weight is 576 g/mol. The van der Waals surface area contributed by atoms with Gasteiger partial charge in [-0.3, -0.25) is 13.8 Å². The van der Waals surface area contributed by atoms with E-state index in [1.165, 1.54) is 6.92 Å². The lowest BCUT2D eigenvalue weighted by Crippen LogP contribution is -2.47. The number of hydrogen-bond donors (Lipinski definition) is 3. The molecule has 0 spiro atoms. The summed E-state index contributed by atoms with van der Waals surface area (Å²) in [4.78, 5) is 12.6. The van der Waals surface area contributed by atoms with E-state index in [2.05, 4.69) is 11.9 Å². The molecule has 10 nitrogen and oxygen atoms in total. The Kier molecular flexibility index (Phi) is 6.33. The van der Waals surface area contributed by atoms with Gasteiger partial charge in [0.2, 0.25) is 0 Å². The molecule has 1 amide bonds. The van der Waals surface area contributed by atoms with Crippen molar-refractivity contribution in [2.24, 2.45) is 0 Å². The Bertz CT molecular complexity index is 1430. The number of fused-ring (bicyclic) bond motifs is 1. The molecule has 0 saturated carbocycles. The van der Waals surface area contributed by atoms with Gasteiger partial charge in [-0.05, 0) is 29.4 Å². The molecule has 1 saturated heterocycles. The van der Waals surface area contributed by atoms with Crippen LogP contribution in [0.25, 0.3) is 0 Å². The van der Waals surface area contributed by atoms with Crippen molar-refractivity contribution in [3.05, 3.63) is 52.7 Å². The van der Waals surface area contributed by atoms with Crippen LogP contribution in [-0.2, 0) is 40.6 Å². The van der Waals surface area contributed by atoms with Crippen LogP contribution in [0.1, 0.15) is 69.3 Å². The molecule has 3 heterocycles. The third kappa shape index (κ3) is 5.38. The van der Waals surface area contributed by atoms with Gasteiger partial charge in [-0.25, -0.2) is 13.3 Å². The molecule has 4 rings (SSSR count). The van der Waals surface area contributed by atoms with Gasteiger partial charge in [0.1, 0.15) is 36.2 Å². The zero-order valence-electron chi connectivity index (χ0n) is 25.7. The van der Waals surface area contributed by atoms with Crippen LogP contribution in [0.3, 0.4) is 0 Å². The van der Waals surface area contributed by atoms with Gasteiger partial charge in [0.05, 0.1) is 16.3 Å². The number of halogens is 2. The van der Waals surface area contributed by atoms with E-state index < -0.39 is 67.8 Å². The minimum Gasteiger partial charge on any atom is -0.403 e. The van der Waals surface area contributed by atoms with Gasteiger partial charge in [0.25, 0.3) is 11.8 Å². The lowest BCUT2D eigenvalue weighted by Gasteiger charge is -2.35. The number of amides is 1. The number of carbonyl (C=O) groups is 1. The first kappa shape index (κ1) is 25.6. The Hall–Kier alpha value is -2.34. The van der Waals surface area contributed by atoms with Gasteiger partial charge in [0.15, 0.2) is 6.20 Å². The van der Waals surface area contributed by atoms with E-state index in [9.17, 15) is 19.6 Å². The molecular weight excluding hydrogens is 537 g/mol. The summed E-state index contributed by atoms with van der Waals surface area (Å²) in [7, 11) is -5.10. The fourth-order valence-electron chi connectivity index (χ4n) is 4.18. The molecule has 216 valence electrons. The molecule has 0 bridgehead atoms. The summed E-state index contributed by atoms with van der Waals surface area (Å²) < 4.78 is 91.3. The number of phosphoric ester groups is 1. The molecule has 0 aliphatic carbocycles. The van der Waals surface area contributed by atoms with Gasteiger partial charge in [-0.15, -0.1) is 0 Å². The highest BCUT2D eigenvalue weighted by Crippen LogP contribution is 2.58. The third-order valence-corrected chi connectivity index (χ3v) is 7.61. The molecule has 1 unspecified atom stereocenters. The highest BCUT2D eigenvalue weighted by atomic mass is 31.2. The van der Waals surface area contributed by atoms with Crippen LogP contribution in [0, 0.1) is 5.82 Å². The maximum Gasteiger partial charge on any atom is 0.530 e. The van der Waals surface area contributed by atoms with E-state index in [0.29, 0.717) is 16.0 Å². The van der Waals surface area contributed by atoms with E-state index in [1.54, 1.807) is 47.6 Å². The normalized spacial score (nSPS) is 34.9. The molecule has 39 heavy (non-hydrogen) atoms. The number of aliphatic hydroxyl groups excluding tert-OH is 2. The zero-order chi connectivity index (χ0) is 32.0. The number of carbonyl (C=O) groups excluding carboxylic acids is 1. The first-order valence-corrected chi connectivity index (χ1v) is 13.6. The molecule has 1 aromatic rings. The maximum atomic E-state index is 16.3. The summed E-state index contributed by atoms with van der Waals surface area (Å²) in [6, 6.07) is 1.55. The topological polar surface area (TPSA) is 127 Å². The number of phosphoric acid groups is 1. The number of ether oxygens (including phenoxy) is 1. The number of benzene rings is 1. The quantitative estimate of drug-likeness (QED) is 0.457. The van der Waals surface area contributed by atoms with Gasteiger partial charge in [-0.2, -0.15) is 0 Å². The number of aliphatic hydroxyl groups is 2. The van der Waals surface area contributed by atoms with Crippen LogP contribution in [0.15, 0.2) is 30.2 Å². The molecule has 1 aromatic carbocycles. The largest absolute Gasteiger partial charge is 0.530 e. The Morgan fingerprint density at radius 3 is 2.51 bits per heavy atom. The number of rotatable bonds is 4. The molecule has 0 aromatic heterocycles. The first-order valence-electron chi connectivity index (χ1n) is 13.6. The van der Waals surface area contributed by atoms with Crippen molar-refractivity contribution in [3.8, 4) is 5.75 Å². The molecule has 0 radical (unpaired) electrons. The molecular formula is C26H35F2N2O8P. The Labute approximate surface area is 230 Å². The summed E-state index contributed by atoms with van der Waals surface area (Å²) in [5.74, 6) is -5.90. The second kappa shape index (κ2) is 9.64. The number of nitrogens with zero attached hydrogens (tertiary/aromatic N) is 1. The fraction of sp³-hybridized carbons (Fsp3) is 0.577. The summed E-state index contributed by atoms with van der Waals surface area (Å²) >= 11 is 0. The summed E-state index contributed by atoms with van der Waals surface area (Å²) in [5.41, 5.74) is -0.696. The van der Waals surface area contributed by atoms with Crippen molar-refractivity contribution in [1.29, 1.82) is 0 Å². The third-order valence-electron chi connectivity index (χ3n) is 6.44. The van der Waals surface area contributed by atoms with E-state index in [1.807, 2.05) is 0 Å². The van der Waals surface area contributed by atoms with E-state index in [4.69, 9.17) is 22.4 Å². The Balaban J connectivity index is 1.71.